The second-order valence-corrected chi connectivity index (χ2v) is 6.63. The molecule has 0 saturated heterocycles. The van der Waals surface area contributed by atoms with E-state index in [0.29, 0.717) is 40.6 Å². The number of benzene rings is 2. The number of carbonyl (C=O) groups is 1. The first-order chi connectivity index (χ1) is 14.6. The average molecular weight is 398 g/mol. The number of aromatic nitrogens is 4. The van der Waals surface area contributed by atoms with E-state index in [1.54, 1.807) is 42.1 Å². The highest BCUT2D eigenvalue weighted by Gasteiger charge is 2.15. The van der Waals surface area contributed by atoms with Crippen molar-refractivity contribution in [3.8, 4) is 23.1 Å². The number of hydrogen-bond donors (Lipinski definition) is 1. The molecule has 0 radical (unpaired) electrons. The Balaban J connectivity index is 1.54. The Morgan fingerprint density at radius 3 is 2.73 bits per heavy atom. The van der Waals surface area contributed by atoms with E-state index in [9.17, 15) is 4.79 Å². The van der Waals surface area contributed by atoms with Crippen LogP contribution in [0, 0.1) is 18.3 Å². The van der Waals surface area contributed by atoms with Crippen molar-refractivity contribution in [3.63, 3.8) is 0 Å². The van der Waals surface area contributed by atoms with E-state index < -0.39 is 0 Å². The van der Waals surface area contributed by atoms with Gasteiger partial charge in [0.2, 0.25) is 11.7 Å². The number of aryl methyl sites for hydroxylation is 2. The van der Waals surface area contributed by atoms with Crippen LogP contribution < -0.4 is 5.32 Å². The zero-order valence-corrected chi connectivity index (χ0v) is 16.5. The Kier molecular flexibility index (Phi) is 5.09. The van der Waals surface area contributed by atoms with Gasteiger partial charge in [-0.3, -0.25) is 4.79 Å². The maximum Gasteiger partial charge on any atom is 0.259 e. The van der Waals surface area contributed by atoms with Crippen LogP contribution in [0.15, 0.2) is 59.3 Å². The number of nitrogens with one attached hydrogen (secondary N) is 1. The van der Waals surface area contributed by atoms with Crippen LogP contribution in [0.3, 0.4) is 0 Å². The molecular weight excluding hydrogens is 380 g/mol. The maximum absolute atomic E-state index is 12.7. The predicted octanol–water partition coefficient (Wildman–Crippen LogP) is 3.92. The van der Waals surface area contributed by atoms with Crippen molar-refractivity contribution in [2.24, 2.45) is 0 Å². The number of anilines is 1. The normalized spacial score (nSPS) is 10.6. The first kappa shape index (κ1) is 19.1. The third-order valence-electron chi connectivity index (χ3n) is 4.55. The van der Waals surface area contributed by atoms with E-state index in [4.69, 9.17) is 9.78 Å². The molecule has 0 bridgehead atoms. The van der Waals surface area contributed by atoms with Gasteiger partial charge in [-0.15, -0.1) is 0 Å². The lowest BCUT2D eigenvalue weighted by Crippen LogP contribution is -2.12. The van der Waals surface area contributed by atoms with Crippen molar-refractivity contribution in [1.29, 1.82) is 5.26 Å². The Bertz CT molecular complexity index is 1250. The van der Waals surface area contributed by atoms with Crippen LogP contribution in [-0.4, -0.2) is 25.8 Å². The van der Waals surface area contributed by atoms with Gasteiger partial charge in [-0.05, 0) is 49.4 Å². The fraction of sp³-hybridized carbons (Fsp3) is 0.136. The van der Waals surface area contributed by atoms with Crippen molar-refractivity contribution >= 4 is 11.6 Å². The summed E-state index contributed by atoms with van der Waals surface area (Å²) in [5.41, 5.74) is 3.72. The number of nitriles is 1. The molecule has 148 valence electrons. The second-order valence-electron chi connectivity index (χ2n) is 6.63. The molecular formula is C22H18N6O2. The summed E-state index contributed by atoms with van der Waals surface area (Å²) in [4.78, 5) is 17.0. The summed E-state index contributed by atoms with van der Waals surface area (Å²) in [5.74, 6) is 0.840. The van der Waals surface area contributed by atoms with Gasteiger partial charge in [0.05, 0.1) is 28.6 Å². The Hall–Kier alpha value is -4.25. The zero-order chi connectivity index (χ0) is 21.1. The molecule has 4 rings (SSSR count). The van der Waals surface area contributed by atoms with Crippen molar-refractivity contribution < 1.29 is 9.32 Å². The van der Waals surface area contributed by atoms with Gasteiger partial charge < -0.3 is 9.84 Å². The number of rotatable bonds is 5. The highest BCUT2D eigenvalue weighted by molar-refractivity contribution is 6.05. The van der Waals surface area contributed by atoms with Crippen LogP contribution in [0.1, 0.15) is 34.4 Å². The predicted molar refractivity (Wildman–Crippen MR) is 110 cm³/mol. The number of hydrogen-bond acceptors (Lipinski definition) is 6. The minimum atomic E-state index is -0.288. The zero-order valence-electron chi connectivity index (χ0n) is 16.5. The summed E-state index contributed by atoms with van der Waals surface area (Å²) in [5, 5.41) is 20.2. The lowest BCUT2D eigenvalue weighted by Gasteiger charge is -2.04. The largest absolute Gasteiger partial charge is 0.339 e. The van der Waals surface area contributed by atoms with Gasteiger partial charge in [0.1, 0.15) is 0 Å². The molecule has 2 heterocycles. The van der Waals surface area contributed by atoms with Crippen LogP contribution >= 0.6 is 0 Å². The third-order valence-corrected chi connectivity index (χ3v) is 4.55. The molecule has 2 aromatic heterocycles. The summed E-state index contributed by atoms with van der Waals surface area (Å²) in [6.07, 6.45) is 2.36. The van der Waals surface area contributed by atoms with Crippen LogP contribution in [0.5, 0.6) is 0 Å². The highest BCUT2D eigenvalue weighted by atomic mass is 16.5. The van der Waals surface area contributed by atoms with Crippen LogP contribution in [0.2, 0.25) is 0 Å². The maximum atomic E-state index is 12.7. The molecule has 0 aliphatic carbocycles. The summed E-state index contributed by atoms with van der Waals surface area (Å²) in [6.45, 7) is 3.73. The van der Waals surface area contributed by atoms with E-state index in [1.165, 1.54) is 0 Å². The number of amides is 1. The SMILES string of the molecule is CCc1nc(-c2ccc(-n3cc(C(=O)Nc4cccc(C#N)c4)c(C)n3)cc2)no1. The van der Waals surface area contributed by atoms with Crippen LogP contribution in [0.25, 0.3) is 17.1 Å². The Morgan fingerprint density at radius 1 is 1.23 bits per heavy atom. The Labute approximate surface area is 172 Å². The molecule has 2 aromatic carbocycles. The number of carbonyl (C=O) groups excluding carboxylic acids is 1. The molecule has 0 spiro atoms. The topological polar surface area (TPSA) is 110 Å². The van der Waals surface area contributed by atoms with E-state index in [0.717, 1.165) is 11.3 Å². The van der Waals surface area contributed by atoms with Gasteiger partial charge in [0.25, 0.3) is 5.91 Å². The lowest BCUT2D eigenvalue weighted by molar-refractivity contribution is 0.102. The lowest BCUT2D eigenvalue weighted by atomic mass is 10.2. The first-order valence-electron chi connectivity index (χ1n) is 9.38. The standard InChI is InChI=1S/C22H18N6O2/c1-3-20-25-21(27-30-20)16-7-9-18(10-8-16)28-13-19(14(2)26-28)22(29)24-17-6-4-5-15(11-17)12-23/h4-11,13H,3H2,1-2H3,(H,24,29). The van der Waals surface area contributed by atoms with Gasteiger partial charge in [0, 0.05) is 23.9 Å². The fourth-order valence-corrected chi connectivity index (χ4v) is 2.96. The third kappa shape index (κ3) is 3.82. The quantitative estimate of drug-likeness (QED) is 0.546. The summed E-state index contributed by atoms with van der Waals surface area (Å²) in [7, 11) is 0. The number of nitrogens with zero attached hydrogens (tertiary/aromatic N) is 5. The second kappa shape index (κ2) is 8.01. The molecule has 4 aromatic rings. The molecule has 8 nitrogen and oxygen atoms in total. The molecule has 0 fully saturated rings. The smallest absolute Gasteiger partial charge is 0.259 e. The minimum absolute atomic E-state index is 0.288. The van der Waals surface area contributed by atoms with Crippen molar-refractivity contribution in [2.45, 2.75) is 20.3 Å². The van der Waals surface area contributed by atoms with Gasteiger partial charge >= 0.3 is 0 Å². The van der Waals surface area contributed by atoms with Gasteiger partial charge in [-0.25, -0.2) is 4.68 Å². The molecule has 0 saturated carbocycles. The van der Waals surface area contributed by atoms with Crippen LogP contribution in [0.4, 0.5) is 5.69 Å². The van der Waals surface area contributed by atoms with E-state index >= 15 is 0 Å². The highest BCUT2D eigenvalue weighted by Crippen LogP contribution is 2.20. The molecule has 1 N–H and O–H groups in total. The van der Waals surface area contributed by atoms with Gasteiger partial charge in [-0.2, -0.15) is 15.3 Å². The monoisotopic (exact) mass is 398 g/mol. The van der Waals surface area contributed by atoms with Crippen molar-refractivity contribution in [3.05, 3.63) is 77.4 Å². The average Bonchev–Trinajstić information content (AvgIpc) is 3.41. The van der Waals surface area contributed by atoms with Crippen molar-refractivity contribution in [2.75, 3.05) is 5.32 Å². The first-order valence-corrected chi connectivity index (χ1v) is 9.38. The Morgan fingerprint density at radius 2 is 2.03 bits per heavy atom. The van der Waals surface area contributed by atoms with E-state index in [1.807, 2.05) is 31.2 Å². The van der Waals surface area contributed by atoms with Crippen molar-refractivity contribution in [1.82, 2.24) is 19.9 Å². The molecule has 0 aliphatic rings. The molecule has 0 unspecified atom stereocenters. The van der Waals surface area contributed by atoms with Crippen LogP contribution in [-0.2, 0) is 6.42 Å². The van der Waals surface area contributed by atoms with E-state index in [2.05, 4.69) is 26.6 Å². The molecule has 0 atom stereocenters. The molecule has 0 aliphatic heterocycles. The molecule has 8 heteroatoms. The molecule has 1 amide bonds. The fourth-order valence-electron chi connectivity index (χ4n) is 2.96. The minimum Gasteiger partial charge on any atom is -0.339 e. The summed E-state index contributed by atoms with van der Waals surface area (Å²) in [6, 6.07) is 16.3. The summed E-state index contributed by atoms with van der Waals surface area (Å²) < 4.78 is 6.80. The van der Waals surface area contributed by atoms with Gasteiger partial charge in [-0.1, -0.05) is 18.1 Å². The summed E-state index contributed by atoms with van der Waals surface area (Å²) >= 11 is 0. The molecule has 30 heavy (non-hydrogen) atoms. The van der Waals surface area contributed by atoms with E-state index in [-0.39, 0.29) is 5.91 Å². The van der Waals surface area contributed by atoms with Gasteiger partial charge in [0.15, 0.2) is 0 Å².